The monoisotopic (exact) mass is 336 g/mol. The van der Waals surface area contributed by atoms with E-state index >= 15 is 0 Å². The van der Waals surface area contributed by atoms with E-state index in [1.54, 1.807) is 42.1 Å². The molecule has 3 aromatic rings. The fourth-order valence-electron chi connectivity index (χ4n) is 2.65. The van der Waals surface area contributed by atoms with E-state index in [1.807, 2.05) is 32.0 Å². The van der Waals surface area contributed by atoms with Gasteiger partial charge in [0.25, 0.3) is 0 Å². The van der Waals surface area contributed by atoms with Gasteiger partial charge in [-0.15, -0.1) is 0 Å². The molecule has 0 bridgehead atoms. The summed E-state index contributed by atoms with van der Waals surface area (Å²) in [5.74, 6) is -0.0525. The SMILES string of the molecule is COCc1cc(OC(=O)c2ccccc2)n(-c2ccc(C)cc2C)n1. The van der Waals surface area contributed by atoms with Crippen molar-refractivity contribution in [3.05, 3.63) is 77.0 Å². The van der Waals surface area contributed by atoms with Gasteiger partial charge in [-0.1, -0.05) is 35.9 Å². The molecular weight excluding hydrogens is 316 g/mol. The maximum absolute atomic E-state index is 12.4. The lowest BCUT2D eigenvalue weighted by atomic mass is 10.1. The van der Waals surface area contributed by atoms with Crippen LogP contribution in [0.3, 0.4) is 0 Å². The van der Waals surface area contributed by atoms with E-state index < -0.39 is 5.97 Å². The van der Waals surface area contributed by atoms with Crippen LogP contribution in [0.2, 0.25) is 0 Å². The van der Waals surface area contributed by atoms with Gasteiger partial charge in [-0.05, 0) is 37.6 Å². The summed E-state index contributed by atoms with van der Waals surface area (Å²) in [5, 5.41) is 4.52. The molecule has 2 aromatic carbocycles. The number of hydrogen-bond donors (Lipinski definition) is 0. The first-order valence-corrected chi connectivity index (χ1v) is 8.01. The molecule has 0 unspecified atom stereocenters. The number of ether oxygens (including phenoxy) is 2. The van der Waals surface area contributed by atoms with Crippen molar-refractivity contribution in [1.82, 2.24) is 9.78 Å². The predicted octanol–water partition coefficient (Wildman–Crippen LogP) is 3.85. The second-order valence-electron chi connectivity index (χ2n) is 5.86. The van der Waals surface area contributed by atoms with Gasteiger partial charge < -0.3 is 9.47 Å². The second-order valence-corrected chi connectivity index (χ2v) is 5.86. The molecule has 0 aliphatic rings. The molecule has 25 heavy (non-hydrogen) atoms. The minimum Gasteiger partial charge on any atom is -0.404 e. The molecule has 0 radical (unpaired) electrons. The number of nitrogens with zero attached hydrogens (tertiary/aromatic N) is 2. The minimum absolute atomic E-state index is 0.341. The summed E-state index contributed by atoms with van der Waals surface area (Å²) in [6, 6.07) is 16.7. The molecule has 0 N–H and O–H groups in total. The summed E-state index contributed by atoms with van der Waals surface area (Å²) in [7, 11) is 1.60. The van der Waals surface area contributed by atoms with Crippen LogP contribution in [-0.4, -0.2) is 22.9 Å². The molecule has 1 aromatic heterocycles. The third-order valence-corrected chi connectivity index (χ3v) is 3.81. The molecule has 0 atom stereocenters. The van der Waals surface area contributed by atoms with E-state index in [0.29, 0.717) is 23.7 Å². The topological polar surface area (TPSA) is 53.4 Å². The second kappa shape index (κ2) is 7.32. The Balaban J connectivity index is 1.99. The quantitative estimate of drug-likeness (QED) is 0.664. The van der Waals surface area contributed by atoms with Gasteiger partial charge >= 0.3 is 5.97 Å². The van der Waals surface area contributed by atoms with Crippen molar-refractivity contribution in [2.45, 2.75) is 20.5 Å². The zero-order valence-corrected chi connectivity index (χ0v) is 14.5. The largest absolute Gasteiger partial charge is 0.404 e. The molecule has 0 aliphatic carbocycles. The fraction of sp³-hybridized carbons (Fsp3) is 0.200. The summed E-state index contributed by atoms with van der Waals surface area (Å²) in [6.45, 7) is 4.38. The van der Waals surface area contributed by atoms with Gasteiger partial charge in [0.05, 0.1) is 23.6 Å². The zero-order chi connectivity index (χ0) is 17.8. The lowest BCUT2D eigenvalue weighted by Crippen LogP contribution is -2.12. The van der Waals surface area contributed by atoms with Gasteiger partial charge in [-0.2, -0.15) is 9.78 Å². The molecule has 1 heterocycles. The van der Waals surface area contributed by atoms with E-state index in [-0.39, 0.29) is 0 Å². The number of esters is 1. The van der Waals surface area contributed by atoms with Crippen molar-refractivity contribution in [3.63, 3.8) is 0 Å². The summed E-state index contributed by atoms with van der Waals surface area (Å²) in [6.07, 6.45) is 0. The molecule has 5 nitrogen and oxygen atoms in total. The van der Waals surface area contributed by atoms with Crippen LogP contribution < -0.4 is 4.74 Å². The molecule has 0 saturated heterocycles. The standard InChI is InChI=1S/C20H20N2O3/c1-14-9-10-18(15(2)11-14)22-19(12-17(21-22)13-24-3)25-20(23)16-7-5-4-6-8-16/h4-12H,13H2,1-3H3. The highest BCUT2D eigenvalue weighted by atomic mass is 16.5. The number of aryl methyl sites for hydroxylation is 2. The Labute approximate surface area is 146 Å². The van der Waals surface area contributed by atoms with E-state index in [2.05, 4.69) is 11.2 Å². The molecule has 0 spiro atoms. The van der Waals surface area contributed by atoms with Crippen LogP contribution in [0.25, 0.3) is 5.69 Å². The van der Waals surface area contributed by atoms with Crippen molar-refractivity contribution in [1.29, 1.82) is 0 Å². The first kappa shape index (κ1) is 16.9. The van der Waals surface area contributed by atoms with Gasteiger partial charge in [0.15, 0.2) is 0 Å². The highest BCUT2D eigenvalue weighted by Crippen LogP contribution is 2.24. The number of carbonyl (C=O) groups excluding carboxylic acids is 1. The normalized spacial score (nSPS) is 10.7. The highest BCUT2D eigenvalue weighted by molar-refractivity contribution is 5.90. The average Bonchev–Trinajstić information content (AvgIpc) is 2.98. The van der Waals surface area contributed by atoms with Crippen LogP contribution in [0.15, 0.2) is 54.6 Å². The van der Waals surface area contributed by atoms with Crippen LogP contribution >= 0.6 is 0 Å². The van der Waals surface area contributed by atoms with Gasteiger partial charge in [0.1, 0.15) is 0 Å². The fourth-order valence-corrected chi connectivity index (χ4v) is 2.65. The van der Waals surface area contributed by atoms with Crippen molar-refractivity contribution >= 4 is 5.97 Å². The maximum atomic E-state index is 12.4. The molecular formula is C20H20N2O3. The summed E-state index contributed by atoms with van der Waals surface area (Å²) >= 11 is 0. The highest BCUT2D eigenvalue weighted by Gasteiger charge is 2.17. The Kier molecular flexibility index (Phi) is 4.95. The first-order chi connectivity index (χ1) is 12.1. The number of aromatic nitrogens is 2. The van der Waals surface area contributed by atoms with Gasteiger partial charge in [-0.3, -0.25) is 0 Å². The number of rotatable bonds is 5. The Morgan fingerprint density at radius 2 is 1.84 bits per heavy atom. The lowest BCUT2D eigenvalue weighted by molar-refractivity contribution is 0.0723. The number of hydrogen-bond acceptors (Lipinski definition) is 4. The zero-order valence-electron chi connectivity index (χ0n) is 14.5. The predicted molar refractivity (Wildman–Crippen MR) is 95.2 cm³/mol. The smallest absolute Gasteiger partial charge is 0.344 e. The molecule has 0 aliphatic heterocycles. The lowest BCUT2D eigenvalue weighted by Gasteiger charge is -2.11. The van der Waals surface area contributed by atoms with Crippen LogP contribution in [0.5, 0.6) is 5.88 Å². The summed E-state index contributed by atoms with van der Waals surface area (Å²) < 4.78 is 12.4. The first-order valence-electron chi connectivity index (χ1n) is 8.01. The number of benzene rings is 2. The summed E-state index contributed by atoms with van der Waals surface area (Å²) in [4.78, 5) is 12.4. The molecule has 128 valence electrons. The minimum atomic E-state index is -0.421. The van der Waals surface area contributed by atoms with E-state index in [4.69, 9.17) is 9.47 Å². The van der Waals surface area contributed by atoms with Crippen molar-refractivity contribution in [2.75, 3.05) is 7.11 Å². The Hall–Kier alpha value is -2.92. The van der Waals surface area contributed by atoms with Gasteiger partial charge in [0.2, 0.25) is 5.88 Å². The Morgan fingerprint density at radius 3 is 2.52 bits per heavy atom. The molecule has 5 heteroatoms. The third-order valence-electron chi connectivity index (χ3n) is 3.81. The van der Waals surface area contributed by atoms with E-state index in [0.717, 1.165) is 16.8 Å². The number of carbonyl (C=O) groups is 1. The van der Waals surface area contributed by atoms with Crippen molar-refractivity contribution in [3.8, 4) is 11.6 Å². The molecule has 3 rings (SSSR count). The van der Waals surface area contributed by atoms with Gasteiger partial charge in [0, 0.05) is 13.2 Å². The average molecular weight is 336 g/mol. The Bertz CT molecular complexity index is 885. The maximum Gasteiger partial charge on any atom is 0.344 e. The number of methoxy groups -OCH3 is 1. The van der Waals surface area contributed by atoms with Crippen molar-refractivity contribution in [2.24, 2.45) is 0 Å². The summed E-state index contributed by atoms with van der Waals surface area (Å²) in [5.41, 5.74) is 4.25. The van der Waals surface area contributed by atoms with Crippen LogP contribution in [-0.2, 0) is 11.3 Å². The van der Waals surface area contributed by atoms with Crippen LogP contribution in [0.1, 0.15) is 27.2 Å². The van der Waals surface area contributed by atoms with Gasteiger partial charge in [-0.25, -0.2) is 4.79 Å². The third kappa shape index (κ3) is 3.78. The van der Waals surface area contributed by atoms with E-state index in [1.165, 1.54) is 0 Å². The van der Waals surface area contributed by atoms with Crippen LogP contribution in [0.4, 0.5) is 0 Å². The molecule has 0 amide bonds. The van der Waals surface area contributed by atoms with Crippen molar-refractivity contribution < 1.29 is 14.3 Å². The molecule has 0 saturated carbocycles. The Morgan fingerprint density at radius 1 is 1.08 bits per heavy atom. The van der Waals surface area contributed by atoms with E-state index in [9.17, 15) is 4.79 Å². The van der Waals surface area contributed by atoms with Crippen LogP contribution in [0, 0.1) is 13.8 Å². The molecule has 0 fully saturated rings.